The third-order valence-electron chi connectivity index (χ3n) is 3.79. The number of anilines is 2. The van der Waals surface area contributed by atoms with Gasteiger partial charge in [-0.15, -0.1) is 0 Å². The van der Waals surface area contributed by atoms with Gasteiger partial charge in [-0.1, -0.05) is 0 Å². The number of rotatable bonds is 1. The number of hydrogen-bond acceptors (Lipinski definition) is 4. The molecule has 1 aliphatic carbocycles. The number of aromatic nitrogens is 2. The highest BCUT2D eigenvalue weighted by Gasteiger charge is 2.42. The highest BCUT2D eigenvalue weighted by atomic mass is 35.5. The lowest BCUT2D eigenvalue weighted by Crippen LogP contribution is -2.47. The number of halogens is 3. The van der Waals surface area contributed by atoms with Crippen LogP contribution in [0.4, 0.5) is 20.3 Å². The smallest absolute Gasteiger partial charge is 0.282 e. The zero-order chi connectivity index (χ0) is 13.6. The number of fused-ring (bicyclic) bond motifs is 1. The lowest BCUT2D eigenvalue weighted by molar-refractivity contribution is 0.0161. The van der Waals surface area contributed by atoms with Crippen LogP contribution in [0.2, 0.25) is 5.28 Å². The van der Waals surface area contributed by atoms with Gasteiger partial charge in [-0.25, -0.2) is 13.8 Å². The highest BCUT2D eigenvalue weighted by molar-refractivity contribution is 6.28. The molecule has 0 amide bonds. The number of hydrogen-bond donors (Lipinski definition) is 0. The summed E-state index contributed by atoms with van der Waals surface area (Å²) in [6.07, 6.45) is 4.47. The van der Waals surface area contributed by atoms with Crippen LogP contribution in [0.1, 0.15) is 19.3 Å². The summed E-state index contributed by atoms with van der Waals surface area (Å²) in [5, 5.41) is 0.0988. The first-order chi connectivity index (χ1) is 8.96. The van der Waals surface area contributed by atoms with E-state index < -0.39 is 5.92 Å². The van der Waals surface area contributed by atoms with Crippen LogP contribution in [0, 0.1) is 0 Å². The molecule has 0 aromatic carbocycles. The normalized spacial score (nSPS) is 22.7. The molecular formula is C12H15ClF2N4. The fourth-order valence-electron chi connectivity index (χ4n) is 2.63. The molecule has 0 bridgehead atoms. The van der Waals surface area contributed by atoms with Crippen LogP contribution >= 0.6 is 11.6 Å². The van der Waals surface area contributed by atoms with Crippen molar-refractivity contribution < 1.29 is 8.78 Å². The Hall–Kier alpha value is -1.17. The Morgan fingerprint density at radius 1 is 1.37 bits per heavy atom. The minimum atomic E-state index is -2.77. The average molecular weight is 289 g/mol. The molecule has 0 atom stereocenters. The van der Waals surface area contributed by atoms with Gasteiger partial charge < -0.3 is 9.80 Å². The maximum Gasteiger partial charge on any atom is 0.282 e. The Morgan fingerprint density at radius 2 is 2.11 bits per heavy atom. The molecule has 1 saturated carbocycles. The molecule has 1 aromatic rings. The van der Waals surface area contributed by atoms with Crippen LogP contribution in [0.3, 0.4) is 0 Å². The van der Waals surface area contributed by atoms with Gasteiger partial charge in [0, 0.05) is 13.1 Å². The summed E-state index contributed by atoms with van der Waals surface area (Å²) < 4.78 is 28.0. The van der Waals surface area contributed by atoms with Crippen molar-refractivity contribution in [1.29, 1.82) is 0 Å². The van der Waals surface area contributed by atoms with Crippen LogP contribution in [0.25, 0.3) is 0 Å². The van der Waals surface area contributed by atoms with Crippen LogP contribution < -0.4 is 9.80 Å². The van der Waals surface area contributed by atoms with Crippen LogP contribution in [0.5, 0.6) is 0 Å². The van der Waals surface area contributed by atoms with Gasteiger partial charge in [0.1, 0.15) is 0 Å². The van der Waals surface area contributed by atoms with Gasteiger partial charge in [-0.3, -0.25) is 0 Å². The van der Waals surface area contributed by atoms with E-state index in [4.69, 9.17) is 11.6 Å². The van der Waals surface area contributed by atoms with Gasteiger partial charge in [-0.05, 0) is 30.9 Å². The third-order valence-corrected chi connectivity index (χ3v) is 3.97. The first kappa shape index (κ1) is 12.8. The number of nitrogens with zero attached hydrogens (tertiary/aromatic N) is 4. The Kier molecular flexibility index (Phi) is 3.00. The molecule has 0 radical (unpaired) electrons. The predicted octanol–water partition coefficient (Wildman–Crippen LogP) is 2.57. The first-order valence-electron chi connectivity index (χ1n) is 6.34. The second-order valence-corrected chi connectivity index (χ2v) is 5.61. The van der Waals surface area contributed by atoms with E-state index in [-0.39, 0.29) is 24.4 Å². The monoisotopic (exact) mass is 288 g/mol. The van der Waals surface area contributed by atoms with Crippen molar-refractivity contribution in [3.8, 4) is 0 Å². The molecule has 3 rings (SSSR count). The maximum atomic E-state index is 14.0. The van der Waals surface area contributed by atoms with E-state index in [1.54, 1.807) is 11.9 Å². The standard InChI is InChI=1S/C12H15ClF2N4/c1-18-6-12(14,15)7-19(8-3-2-4-8)10-9(18)5-16-11(13)17-10/h5,8H,2-4,6-7H2,1H3. The molecule has 1 fully saturated rings. The van der Waals surface area contributed by atoms with Gasteiger partial charge in [0.25, 0.3) is 5.92 Å². The average Bonchev–Trinajstić information content (AvgIpc) is 2.32. The summed E-state index contributed by atoms with van der Waals surface area (Å²) >= 11 is 5.83. The fraction of sp³-hybridized carbons (Fsp3) is 0.667. The Morgan fingerprint density at radius 3 is 2.74 bits per heavy atom. The zero-order valence-corrected chi connectivity index (χ0v) is 11.4. The second kappa shape index (κ2) is 4.44. The van der Waals surface area contributed by atoms with Gasteiger partial charge in [0.05, 0.1) is 25.0 Å². The van der Waals surface area contributed by atoms with Crippen LogP contribution in [0.15, 0.2) is 6.20 Å². The summed E-state index contributed by atoms with van der Waals surface area (Å²) in [6.45, 7) is -0.628. The van der Waals surface area contributed by atoms with Crippen molar-refractivity contribution in [2.45, 2.75) is 31.2 Å². The molecule has 19 heavy (non-hydrogen) atoms. The quantitative estimate of drug-likeness (QED) is 0.744. The van der Waals surface area contributed by atoms with E-state index in [9.17, 15) is 8.78 Å². The molecular weight excluding hydrogens is 274 g/mol. The van der Waals surface area contributed by atoms with Crippen LogP contribution in [-0.4, -0.2) is 42.1 Å². The van der Waals surface area contributed by atoms with Gasteiger partial charge in [0.15, 0.2) is 5.82 Å². The summed E-state index contributed by atoms with van der Waals surface area (Å²) in [6, 6.07) is 0.141. The van der Waals surface area contributed by atoms with Crippen molar-refractivity contribution >= 4 is 23.1 Å². The van der Waals surface area contributed by atoms with E-state index in [1.165, 1.54) is 11.1 Å². The first-order valence-corrected chi connectivity index (χ1v) is 6.72. The molecule has 1 aliphatic heterocycles. The molecule has 4 nitrogen and oxygen atoms in total. The van der Waals surface area contributed by atoms with Gasteiger partial charge in [0.2, 0.25) is 5.28 Å². The Bertz CT molecular complexity index is 493. The summed E-state index contributed by atoms with van der Waals surface area (Å²) in [7, 11) is 1.63. The minimum absolute atomic E-state index is 0.0988. The molecule has 0 unspecified atom stereocenters. The summed E-state index contributed by atoms with van der Waals surface area (Å²) in [5.41, 5.74) is 0.619. The Labute approximate surface area is 115 Å². The SMILES string of the molecule is CN1CC(F)(F)CN(C2CCC2)c2nc(Cl)ncc21. The molecule has 104 valence electrons. The number of alkyl halides is 2. The van der Waals surface area contributed by atoms with E-state index in [0.29, 0.717) is 11.5 Å². The lowest BCUT2D eigenvalue weighted by Gasteiger charge is -2.39. The molecule has 1 aromatic heterocycles. The molecule has 0 N–H and O–H groups in total. The van der Waals surface area contributed by atoms with E-state index in [2.05, 4.69) is 9.97 Å². The molecule has 2 aliphatic rings. The third kappa shape index (κ3) is 2.33. The topological polar surface area (TPSA) is 32.3 Å². The largest absolute Gasteiger partial charge is 0.364 e. The van der Waals surface area contributed by atoms with Crippen molar-refractivity contribution in [2.24, 2.45) is 0 Å². The predicted molar refractivity (Wildman–Crippen MR) is 70.2 cm³/mol. The minimum Gasteiger partial charge on any atom is -0.364 e. The van der Waals surface area contributed by atoms with Gasteiger partial charge >= 0.3 is 0 Å². The second-order valence-electron chi connectivity index (χ2n) is 5.27. The van der Waals surface area contributed by atoms with E-state index in [0.717, 1.165) is 19.3 Å². The van der Waals surface area contributed by atoms with Gasteiger partial charge in [-0.2, -0.15) is 4.98 Å². The van der Waals surface area contributed by atoms with Crippen LogP contribution in [-0.2, 0) is 0 Å². The maximum absolute atomic E-state index is 14.0. The highest BCUT2D eigenvalue weighted by Crippen LogP contribution is 2.39. The molecule has 0 saturated heterocycles. The van der Waals surface area contributed by atoms with Crippen molar-refractivity contribution in [3.05, 3.63) is 11.5 Å². The van der Waals surface area contributed by atoms with Crippen molar-refractivity contribution in [2.75, 3.05) is 29.9 Å². The van der Waals surface area contributed by atoms with E-state index >= 15 is 0 Å². The van der Waals surface area contributed by atoms with Crippen molar-refractivity contribution in [3.63, 3.8) is 0 Å². The zero-order valence-electron chi connectivity index (χ0n) is 10.6. The van der Waals surface area contributed by atoms with Crippen molar-refractivity contribution in [1.82, 2.24) is 9.97 Å². The molecule has 7 heteroatoms. The summed E-state index contributed by atoms with van der Waals surface area (Å²) in [5.74, 6) is -2.23. The molecule has 2 heterocycles. The van der Waals surface area contributed by atoms with E-state index in [1.807, 2.05) is 0 Å². The lowest BCUT2D eigenvalue weighted by atomic mass is 9.91. The Balaban J connectivity index is 2.06. The summed E-state index contributed by atoms with van der Waals surface area (Å²) in [4.78, 5) is 11.3. The molecule has 0 spiro atoms. The fourth-order valence-corrected chi connectivity index (χ4v) is 2.76.